The highest BCUT2D eigenvalue weighted by Crippen LogP contribution is 2.25. The standard InChI is InChI=1S/C11H18N2O2/c1-12(9-2-3-9)8-11(15)13-6-4-10(14)5-7-13/h9H,2-8H2,1H3. The number of likely N-dealkylation sites (N-methyl/N-ethyl adjacent to an activating group) is 1. The SMILES string of the molecule is CN(CC(=O)N1CCC(=O)CC1)C1CC1. The molecular formula is C11H18N2O2. The minimum Gasteiger partial charge on any atom is -0.341 e. The fraction of sp³-hybridized carbons (Fsp3) is 0.818. The van der Waals surface area contributed by atoms with E-state index in [1.807, 2.05) is 11.9 Å². The lowest BCUT2D eigenvalue weighted by molar-refractivity contribution is -0.135. The van der Waals surface area contributed by atoms with Gasteiger partial charge >= 0.3 is 0 Å². The number of nitrogens with zero attached hydrogens (tertiary/aromatic N) is 2. The van der Waals surface area contributed by atoms with Gasteiger partial charge in [0.15, 0.2) is 0 Å². The van der Waals surface area contributed by atoms with Gasteiger partial charge in [0.2, 0.25) is 5.91 Å². The van der Waals surface area contributed by atoms with Gasteiger partial charge in [0.05, 0.1) is 6.54 Å². The van der Waals surface area contributed by atoms with Gasteiger partial charge in [-0.05, 0) is 19.9 Å². The van der Waals surface area contributed by atoms with E-state index in [4.69, 9.17) is 0 Å². The van der Waals surface area contributed by atoms with Crippen LogP contribution in [-0.4, -0.2) is 54.2 Å². The summed E-state index contributed by atoms with van der Waals surface area (Å²) in [6, 6.07) is 0.625. The molecule has 0 aromatic carbocycles. The van der Waals surface area contributed by atoms with Crippen molar-refractivity contribution in [3.63, 3.8) is 0 Å². The zero-order valence-electron chi connectivity index (χ0n) is 9.24. The highest BCUT2D eigenvalue weighted by molar-refractivity contribution is 5.84. The zero-order valence-corrected chi connectivity index (χ0v) is 9.24. The molecule has 0 aromatic heterocycles. The lowest BCUT2D eigenvalue weighted by Gasteiger charge is -2.28. The molecule has 4 heteroatoms. The van der Waals surface area contributed by atoms with Crippen LogP contribution in [0.15, 0.2) is 0 Å². The van der Waals surface area contributed by atoms with Crippen LogP contribution in [0.5, 0.6) is 0 Å². The van der Waals surface area contributed by atoms with Crippen LogP contribution < -0.4 is 0 Å². The first-order chi connectivity index (χ1) is 7.16. The van der Waals surface area contributed by atoms with Crippen molar-refractivity contribution < 1.29 is 9.59 Å². The molecule has 0 atom stereocenters. The molecule has 4 nitrogen and oxygen atoms in total. The summed E-state index contributed by atoms with van der Waals surface area (Å²) in [6.07, 6.45) is 3.53. The second-order valence-corrected chi connectivity index (χ2v) is 4.57. The van der Waals surface area contributed by atoms with Gasteiger partial charge < -0.3 is 4.90 Å². The van der Waals surface area contributed by atoms with Crippen LogP contribution in [0.1, 0.15) is 25.7 Å². The van der Waals surface area contributed by atoms with Crippen molar-refractivity contribution in [3.05, 3.63) is 0 Å². The van der Waals surface area contributed by atoms with Crippen molar-refractivity contribution in [2.75, 3.05) is 26.7 Å². The molecule has 1 saturated carbocycles. The van der Waals surface area contributed by atoms with Crippen LogP contribution in [0.3, 0.4) is 0 Å². The lowest BCUT2D eigenvalue weighted by Crippen LogP contribution is -2.43. The first-order valence-corrected chi connectivity index (χ1v) is 5.66. The van der Waals surface area contributed by atoms with E-state index in [0.29, 0.717) is 38.5 Å². The number of hydrogen-bond donors (Lipinski definition) is 0. The Morgan fingerprint density at radius 3 is 2.53 bits per heavy atom. The molecule has 0 radical (unpaired) electrons. The van der Waals surface area contributed by atoms with E-state index in [-0.39, 0.29) is 11.7 Å². The first-order valence-electron chi connectivity index (χ1n) is 5.66. The van der Waals surface area contributed by atoms with E-state index >= 15 is 0 Å². The van der Waals surface area contributed by atoms with E-state index in [2.05, 4.69) is 4.90 Å². The fourth-order valence-electron chi connectivity index (χ4n) is 1.96. The molecule has 0 bridgehead atoms. The summed E-state index contributed by atoms with van der Waals surface area (Å²) in [6.45, 7) is 1.76. The van der Waals surface area contributed by atoms with Crippen LogP contribution >= 0.6 is 0 Å². The van der Waals surface area contributed by atoms with E-state index in [1.165, 1.54) is 12.8 Å². The quantitative estimate of drug-likeness (QED) is 0.671. The van der Waals surface area contributed by atoms with Gasteiger partial charge in [-0.2, -0.15) is 0 Å². The van der Waals surface area contributed by atoms with Crippen molar-refractivity contribution >= 4 is 11.7 Å². The van der Waals surface area contributed by atoms with Gasteiger partial charge in [0.1, 0.15) is 5.78 Å². The summed E-state index contributed by atoms with van der Waals surface area (Å²) in [7, 11) is 2.00. The van der Waals surface area contributed by atoms with Gasteiger partial charge in [0.25, 0.3) is 0 Å². The Morgan fingerprint density at radius 2 is 2.00 bits per heavy atom. The van der Waals surface area contributed by atoms with Crippen molar-refractivity contribution in [2.45, 2.75) is 31.7 Å². The molecular weight excluding hydrogens is 192 g/mol. The molecule has 0 unspecified atom stereocenters. The second kappa shape index (κ2) is 4.31. The van der Waals surface area contributed by atoms with Crippen LogP contribution in [-0.2, 0) is 9.59 Å². The predicted octanol–water partition coefficient (Wildman–Crippen LogP) is 0.272. The first kappa shape index (κ1) is 10.6. The van der Waals surface area contributed by atoms with Crippen LogP contribution in [0.2, 0.25) is 0 Å². The van der Waals surface area contributed by atoms with Gasteiger partial charge in [-0.1, -0.05) is 0 Å². The third-order valence-corrected chi connectivity index (χ3v) is 3.23. The minimum atomic E-state index is 0.178. The summed E-state index contributed by atoms with van der Waals surface area (Å²) in [5.74, 6) is 0.464. The van der Waals surface area contributed by atoms with Crippen LogP contribution in [0, 0.1) is 0 Å². The van der Waals surface area contributed by atoms with Crippen molar-refractivity contribution in [1.82, 2.24) is 9.80 Å². The molecule has 0 spiro atoms. The van der Waals surface area contributed by atoms with Crippen molar-refractivity contribution in [2.24, 2.45) is 0 Å². The molecule has 1 aliphatic carbocycles. The lowest BCUT2D eigenvalue weighted by atomic mass is 10.1. The van der Waals surface area contributed by atoms with Crippen molar-refractivity contribution in [1.29, 1.82) is 0 Å². The minimum absolute atomic E-state index is 0.178. The maximum atomic E-state index is 11.8. The number of Topliss-reactive ketones (excluding diaryl/α,β-unsaturated/α-hetero) is 1. The number of likely N-dealkylation sites (tertiary alicyclic amines) is 1. The Hall–Kier alpha value is -0.900. The molecule has 1 heterocycles. The number of hydrogen-bond acceptors (Lipinski definition) is 3. The zero-order chi connectivity index (χ0) is 10.8. The third kappa shape index (κ3) is 2.78. The Kier molecular flexibility index (Phi) is 3.05. The normalized spacial score (nSPS) is 22.3. The Morgan fingerprint density at radius 1 is 1.40 bits per heavy atom. The summed E-state index contributed by atoms with van der Waals surface area (Å²) in [5, 5.41) is 0. The van der Waals surface area contributed by atoms with E-state index in [0.717, 1.165) is 0 Å². The number of carbonyl (C=O) groups is 2. The van der Waals surface area contributed by atoms with Gasteiger partial charge in [-0.25, -0.2) is 0 Å². The van der Waals surface area contributed by atoms with E-state index in [1.54, 1.807) is 0 Å². The Bertz CT molecular complexity index is 264. The molecule has 15 heavy (non-hydrogen) atoms. The largest absolute Gasteiger partial charge is 0.341 e. The summed E-state index contributed by atoms with van der Waals surface area (Å²) in [4.78, 5) is 26.8. The van der Waals surface area contributed by atoms with Gasteiger partial charge in [-0.3, -0.25) is 14.5 Å². The highest BCUT2D eigenvalue weighted by Gasteiger charge is 2.29. The van der Waals surface area contributed by atoms with Crippen molar-refractivity contribution in [3.8, 4) is 0 Å². The Labute approximate surface area is 90.2 Å². The summed E-state index contributed by atoms with van der Waals surface area (Å²) < 4.78 is 0. The number of piperidine rings is 1. The summed E-state index contributed by atoms with van der Waals surface area (Å²) >= 11 is 0. The molecule has 1 saturated heterocycles. The average molecular weight is 210 g/mol. The maximum Gasteiger partial charge on any atom is 0.236 e. The van der Waals surface area contributed by atoms with Gasteiger partial charge in [-0.15, -0.1) is 0 Å². The molecule has 2 rings (SSSR count). The van der Waals surface area contributed by atoms with E-state index in [9.17, 15) is 9.59 Å². The second-order valence-electron chi connectivity index (χ2n) is 4.57. The molecule has 0 N–H and O–H groups in total. The number of carbonyl (C=O) groups excluding carboxylic acids is 2. The highest BCUT2D eigenvalue weighted by atomic mass is 16.2. The molecule has 2 fully saturated rings. The number of amides is 1. The molecule has 1 aliphatic heterocycles. The van der Waals surface area contributed by atoms with Crippen LogP contribution in [0.4, 0.5) is 0 Å². The smallest absolute Gasteiger partial charge is 0.236 e. The average Bonchev–Trinajstić information content (AvgIpc) is 3.01. The van der Waals surface area contributed by atoms with E-state index < -0.39 is 0 Å². The summed E-state index contributed by atoms with van der Waals surface area (Å²) in [5.41, 5.74) is 0. The predicted molar refractivity (Wildman–Crippen MR) is 56.5 cm³/mol. The monoisotopic (exact) mass is 210 g/mol. The fourth-order valence-corrected chi connectivity index (χ4v) is 1.96. The van der Waals surface area contributed by atoms with Gasteiger partial charge in [0, 0.05) is 32.0 Å². The topological polar surface area (TPSA) is 40.6 Å². The maximum absolute atomic E-state index is 11.8. The number of ketones is 1. The molecule has 2 aliphatic rings. The number of rotatable bonds is 3. The molecule has 84 valence electrons. The third-order valence-electron chi connectivity index (χ3n) is 3.23. The Balaban J connectivity index is 1.77. The van der Waals surface area contributed by atoms with Crippen LogP contribution in [0.25, 0.3) is 0 Å². The molecule has 1 amide bonds. The molecule has 0 aromatic rings.